The van der Waals surface area contributed by atoms with Crippen molar-refractivity contribution in [2.24, 2.45) is 0 Å². The smallest absolute Gasteiger partial charge is 0.344 e. The van der Waals surface area contributed by atoms with Gasteiger partial charge in [0.25, 0.3) is 0 Å². The lowest BCUT2D eigenvalue weighted by atomic mass is 10.2. The molecule has 2 N–H and O–H groups in total. The van der Waals surface area contributed by atoms with Crippen LogP contribution in [0.15, 0.2) is 24.3 Å². The number of carboxylic acid groups (broad SMARTS) is 1. The Balaban J connectivity index is 1.98. The van der Waals surface area contributed by atoms with Crippen molar-refractivity contribution in [3.8, 4) is 5.75 Å². The number of nitrogens with zero attached hydrogens (tertiary/aromatic N) is 2. The molecule has 6 nitrogen and oxygen atoms in total. The molecule has 0 aliphatic carbocycles. The molecule has 7 heteroatoms. The largest absolute Gasteiger partial charge is 0.479 e. The molecule has 0 aliphatic rings. The molecule has 1 aromatic carbocycles. The maximum absolute atomic E-state index is 10.8. The molecule has 0 unspecified atom stereocenters. The van der Waals surface area contributed by atoms with E-state index in [-0.39, 0.29) is 0 Å². The number of aromatic nitrogens is 2. The number of aliphatic carboxylic acids is 1. The second-order valence-corrected chi connectivity index (χ2v) is 5.98. The fraction of sp³-hybridized carbons (Fsp3) is 0.375. The summed E-state index contributed by atoms with van der Waals surface area (Å²) in [6.45, 7) is 4.84. The van der Waals surface area contributed by atoms with Crippen LogP contribution < -0.4 is 4.74 Å². The van der Waals surface area contributed by atoms with Crippen LogP contribution in [0.3, 0.4) is 0 Å². The Morgan fingerprint density at radius 2 is 2.17 bits per heavy atom. The molecule has 0 fully saturated rings. The number of benzene rings is 1. The van der Waals surface area contributed by atoms with Crippen molar-refractivity contribution in [3.63, 3.8) is 0 Å². The molecule has 0 amide bonds. The van der Waals surface area contributed by atoms with Gasteiger partial charge in [-0.3, -0.25) is 10.00 Å². The maximum atomic E-state index is 10.8. The van der Waals surface area contributed by atoms with Crippen LogP contribution in [0, 0.1) is 6.92 Å². The summed E-state index contributed by atoms with van der Waals surface area (Å²) in [6, 6.07) is 7.37. The number of hydrogen-bond donors (Lipinski definition) is 2. The van der Waals surface area contributed by atoms with E-state index in [0.717, 1.165) is 23.5 Å². The fourth-order valence-electron chi connectivity index (χ4n) is 2.18. The van der Waals surface area contributed by atoms with Crippen molar-refractivity contribution in [1.82, 2.24) is 15.1 Å². The Kier molecular flexibility index (Phi) is 5.63. The number of carbonyl (C=O) groups is 1. The second kappa shape index (κ2) is 7.48. The monoisotopic (exact) mass is 337 g/mol. The Morgan fingerprint density at radius 1 is 1.43 bits per heavy atom. The number of ether oxygens (including phenoxy) is 1. The summed E-state index contributed by atoms with van der Waals surface area (Å²) in [5, 5.41) is 16.4. The van der Waals surface area contributed by atoms with Crippen LogP contribution in [-0.4, -0.2) is 39.3 Å². The number of aromatic amines is 1. The highest BCUT2D eigenvalue weighted by molar-refractivity contribution is 6.32. The third-order valence-electron chi connectivity index (χ3n) is 3.29. The minimum absolute atomic E-state index is 0.371. The summed E-state index contributed by atoms with van der Waals surface area (Å²) in [4.78, 5) is 12.9. The van der Waals surface area contributed by atoms with Gasteiger partial charge in [-0.2, -0.15) is 5.10 Å². The summed E-state index contributed by atoms with van der Waals surface area (Å²) < 4.78 is 5.31. The van der Waals surface area contributed by atoms with E-state index in [2.05, 4.69) is 15.1 Å². The van der Waals surface area contributed by atoms with E-state index < -0.39 is 12.1 Å². The van der Waals surface area contributed by atoms with Crippen molar-refractivity contribution in [3.05, 3.63) is 46.2 Å². The summed E-state index contributed by atoms with van der Waals surface area (Å²) in [6.07, 6.45) is -0.941. The van der Waals surface area contributed by atoms with Gasteiger partial charge in [-0.05, 0) is 44.7 Å². The number of H-pyrrole nitrogens is 1. The highest BCUT2D eigenvalue weighted by Gasteiger charge is 2.15. The van der Waals surface area contributed by atoms with Gasteiger partial charge in [0.2, 0.25) is 0 Å². The molecule has 23 heavy (non-hydrogen) atoms. The fourth-order valence-corrected chi connectivity index (χ4v) is 2.43. The summed E-state index contributed by atoms with van der Waals surface area (Å²) in [7, 11) is 1.99. The normalized spacial score (nSPS) is 12.4. The van der Waals surface area contributed by atoms with E-state index in [4.69, 9.17) is 21.4 Å². The van der Waals surface area contributed by atoms with Gasteiger partial charge in [0.05, 0.1) is 10.7 Å². The summed E-state index contributed by atoms with van der Waals surface area (Å²) in [5.74, 6) is -0.657. The molecular weight excluding hydrogens is 318 g/mol. The zero-order valence-electron chi connectivity index (χ0n) is 13.3. The lowest BCUT2D eigenvalue weighted by Crippen LogP contribution is -2.23. The average Bonchev–Trinajstić information content (AvgIpc) is 2.86. The van der Waals surface area contributed by atoms with Crippen LogP contribution in [0.2, 0.25) is 5.02 Å². The first kappa shape index (κ1) is 17.3. The zero-order valence-corrected chi connectivity index (χ0v) is 14.1. The molecule has 0 aliphatic heterocycles. The second-order valence-electron chi connectivity index (χ2n) is 5.58. The molecular formula is C16H20ClN3O3. The molecule has 0 saturated heterocycles. The molecule has 0 saturated carbocycles. The molecule has 1 aromatic heterocycles. The molecule has 0 radical (unpaired) electrons. The van der Waals surface area contributed by atoms with Gasteiger partial charge >= 0.3 is 5.97 Å². The zero-order chi connectivity index (χ0) is 17.0. The minimum atomic E-state index is -1.03. The van der Waals surface area contributed by atoms with Gasteiger partial charge in [-0.15, -0.1) is 0 Å². The van der Waals surface area contributed by atoms with Crippen molar-refractivity contribution in [2.75, 3.05) is 7.05 Å². The van der Waals surface area contributed by atoms with Crippen LogP contribution in [0.5, 0.6) is 5.75 Å². The highest BCUT2D eigenvalue weighted by Crippen LogP contribution is 2.27. The number of hydrogen-bond acceptors (Lipinski definition) is 4. The molecule has 2 aromatic rings. The molecule has 1 heterocycles. The van der Waals surface area contributed by atoms with E-state index in [1.54, 1.807) is 12.1 Å². The summed E-state index contributed by atoms with van der Waals surface area (Å²) in [5.41, 5.74) is 3.02. The molecule has 124 valence electrons. The number of aryl methyl sites for hydroxylation is 1. The topological polar surface area (TPSA) is 78.4 Å². The molecule has 2 rings (SSSR count). The van der Waals surface area contributed by atoms with Gasteiger partial charge in [-0.1, -0.05) is 17.7 Å². The Hall–Kier alpha value is -2.05. The summed E-state index contributed by atoms with van der Waals surface area (Å²) >= 11 is 6.17. The average molecular weight is 338 g/mol. The number of carboxylic acids is 1. The number of nitrogens with one attached hydrogen (secondary N) is 1. The van der Waals surface area contributed by atoms with Crippen molar-refractivity contribution in [1.29, 1.82) is 0 Å². The van der Waals surface area contributed by atoms with Gasteiger partial charge in [0, 0.05) is 18.8 Å². The third kappa shape index (κ3) is 4.97. The van der Waals surface area contributed by atoms with Gasteiger partial charge < -0.3 is 9.84 Å². The Bertz CT molecular complexity index is 687. The molecule has 0 bridgehead atoms. The van der Waals surface area contributed by atoms with Gasteiger partial charge in [-0.25, -0.2) is 4.79 Å². The first-order valence-electron chi connectivity index (χ1n) is 7.22. The number of halogens is 1. The van der Waals surface area contributed by atoms with E-state index in [1.807, 2.05) is 26.1 Å². The van der Waals surface area contributed by atoms with Crippen LogP contribution in [0.25, 0.3) is 0 Å². The van der Waals surface area contributed by atoms with Crippen LogP contribution in [0.4, 0.5) is 0 Å². The third-order valence-corrected chi connectivity index (χ3v) is 3.59. The number of rotatable bonds is 7. The van der Waals surface area contributed by atoms with Gasteiger partial charge in [0.15, 0.2) is 6.10 Å². The SMILES string of the molecule is Cc1cc(CN(C)Cc2ccc(O[C@@H](C)C(=O)O)c(Cl)c2)n[nH]1. The quantitative estimate of drug-likeness (QED) is 0.812. The van der Waals surface area contributed by atoms with E-state index in [0.29, 0.717) is 17.3 Å². The highest BCUT2D eigenvalue weighted by atomic mass is 35.5. The van der Waals surface area contributed by atoms with Crippen molar-refractivity contribution in [2.45, 2.75) is 33.0 Å². The molecule has 0 spiro atoms. The van der Waals surface area contributed by atoms with Crippen LogP contribution in [-0.2, 0) is 17.9 Å². The van der Waals surface area contributed by atoms with Crippen LogP contribution in [0.1, 0.15) is 23.9 Å². The predicted molar refractivity (Wildman–Crippen MR) is 87.7 cm³/mol. The Morgan fingerprint density at radius 3 is 2.74 bits per heavy atom. The lowest BCUT2D eigenvalue weighted by Gasteiger charge is -2.17. The molecule has 1 atom stereocenters. The Labute approximate surface area is 140 Å². The van der Waals surface area contributed by atoms with Gasteiger partial charge in [0.1, 0.15) is 5.75 Å². The maximum Gasteiger partial charge on any atom is 0.344 e. The lowest BCUT2D eigenvalue weighted by molar-refractivity contribution is -0.144. The standard InChI is InChI=1S/C16H20ClN3O3/c1-10-6-13(19-18-10)9-20(3)8-12-4-5-15(14(17)7-12)23-11(2)16(21)22/h4-7,11H,8-9H2,1-3H3,(H,18,19)(H,21,22)/t11-/m0/s1. The minimum Gasteiger partial charge on any atom is -0.479 e. The van der Waals surface area contributed by atoms with E-state index >= 15 is 0 Å². The first-order chi connectivity index (χ1) is 10.8. The van der Waals surface area contributed by atoms with Crippen LogP contribution >= 0.6 is 11.6 Å². The predicted octanol–water partition coefficient (Wildman–Crippen LogP) is 2.86. The first-order valence-corrected chi connectivity index (χ1v) is 7.60. The van der Waals surface area contributed by atoms with E-state index in [1.165, 1.54) is 6.92 Å². The van der Waals surface area contributed by atoms with Crippen molar-refractivity contribution < 1.29 is 14.6 Å². The van der Waals surface area contributed by atoms with E-state index in [9.17, 15) is 4.79 Å². The van der Waals surface area contributed by atoms with Crippen molar-refractivity contribution >= 4 is 17.6 Å².